The van der Waals surface area contributed by atoms with Gasteiger partial charge in [0.1, 0.15) is 12.0 Å². The molecule has 2 aromatic rings. The zero-order valence-corrected chi connectivity index (χ0v) is 20.9. The molecule has 3 aliphatic carbocycles. The average molecular weight is 482 g/mol. The maximum atomic E-state index is 13.5. The van der Waals surface area contributed by atoms with Crippen molar-refractivity contribution in [2.75, 3.05) is 12.4 Å². The van der Waals surface area contributed by atoms with E-state index in [4.69, 9.17) is 0 Å². The summed E-state index contributed by atoms with van der Waals surface area (Å²) in [5.74, 6) is -0.274. The Morgan fingerprint density at radius 3 is 2.23 bits per heavy atom. The smallest absolute Gasteiger partial charge is 0.322 e. The Balaban J connectivity index is 1.21. The minimum absolute atomic E-state index is 0.0642. The molecular weight excluding hydrogens is 445 g/mol. The molecule has 6 nitrogen and oxygen atoms in total. The largest absolute Gasteiger partial charge is 0.386 e. The lowest BCUT2D eigenvalue weighted by molar-refractivity contribution is -0.174. The number of aliphatic hydroxyl groups is 2. The highest BCUT2D eigenvalue weighted by molar-refractivity contribution is 5.89. The minimum Gasteiger partial charge on any atom is -0.386 e. The summed E-state index contributed by atoms with van der Waals surface area (Å²) in [6.45, 7) is 4.21. The van der Waals surface area contributed by atoms with Gasteiger partial charge in [-0.15, -0.1) is 0 Å². The molecule has 3 saturated carbocycles. The molecule has 0 spiro atoms. The van der Waals surface area contributed by atoms with Crippen LogP contribution in [0, 0.1) is 5.82 Å². The standard InChI is InChI=1S/C28H36FN3O3/c1-26(2,35)24(33)31(3)28-13-10-27(11-14-28,12-15-28)21-5-8-23(9-6-21)30-25(34)32-17-19-4-7-22(29)16-20(19)18-32/h4-9,16,24,33,35H,10-15,17-18H2,1-3H3,(H,30,34). The summed E-state index contributed by atoms with van der Waals surface area (Å²) in [6.07, 6.45) is 5.22. The van der Waals surface area contributed by atoms with Crippen molar-refractivity contribution in [1.82, 2.24) is 9.80 Å². The molecule has 0 saturated heterocycles. The van der Waals surface area contributed by atoms with Crippen molar-refractivity contribution in [3.05, 3.63) is 65.0 Å². The number of halogens is 1. The first kappa shape index (κ1) is 24.2. The second kappa shape index (κ2) is 8.57. The molecule has 1 aliphatic heterocycles. The molecule has 1 unspecified atom stereocenters. The van der Waals surface area contributed by atoms with E-state index in [2.05, 4.69) is 17.4 Å². The van der Waals surface area contributed by atoms with E-state index < -0.39 is 11.8 Å². The molecule has 0 radical (unpaired) electrons. The van der Waals surface area contributed by atoms with Crippen molar-refractivity contribution in [2.24, 2.45) is 0 Å². The van der Waals surface area contributed by atoms with Gasteiger partial charge >= 0.3 is 6.03 Å². The van der Waals surface area contributed by atoms with Gasteiger partial charge in [0.2, 0.25) is 0 Å². The van der Waals surface area contributed by atoms with E-state index in [1.165, 1.54) is 17.7 Å². The number of carbonyl (C=O) groups excluding carboxylic acids is 1. The fourth-order valence-corrected chi connectivity index (χ4v) is 6.48. The van der Waals surface area contributed by atoms with Crippen LogP contribution in [0.1, 0.15) is 69.1 Å². The predicted octanol–water partition coefficient (Wildman–Crippen LogP) is 4.74. The summed E-state index contributed by atoms with van der Waals surface area (Å²) in [5, 5.41) is 24.0. The Labute approximate surface area is 206 Å². The highest BCUT2D eigenvalue weighted by Crippen LogP contribution is 2.56. The molecule has 2 amide bonds. The third-order valence-corrected chi connectivity index (χ3v) is 8.88. The van der Waals surface area contributed by atoms with Gasteiger partial charge in [-0.1, -0.05) is 18.2 Å². The van der Waals surface area contributed by atoms with E-state index in [1.54, 1.807) is 24.8 Å². The van der Waals surface area contributed by atoms with Crippen LogP contribution in [0.2, 0.25) is 0 Å². The van der Waals surface area contributed by atoms with E-state index in [0.717, 1.165) is 55.3 Å². The number of urea groups is 1. The van der Waals surface area contributed by atoms with Gasteiger partial charge < -0.3 is 20.4 Å². The summed E-state index contributed by atoms with van der Waals surface area (Å²) in [7, 11) is 1.94. The first-order valence-electron chi connectivity index (χ1n) is 12.6. The molecule has 1 heterocycles. The summed E-state index contributed by atoms with van der Waals surface area (Å²) >= 11 is 0. The lowest BCUT2D eigenvalue weighted by Gasteiger charge is -2.58. The van der Waals surface area contributed by atoms with E-state index in [1.807, 2.05) is 24.1 Å². The second-order valence-electron chi connectivity index (χ2n) is 11.4. The molecule has 35 heavy (non-hydrogen) atoms. The fourth-order valence-electron chi connectivity index (χ4n) is 6.48. The summed E-state index contributed by atoms with van der Waals surface area (Å²) in [5.41, 5.74) is 2.81. The molecular formula is C28H36FN3O3. The number of anilines is 1. The van der Waals surface area contributed by atoms with E-state index in [9.17, 15) is 19.4 Å². The van der Waals surface area contributed by atoms with Gasteiger partial charge in [-0.25, -0.2) is 9.18 Å². The summed E-state index contributed by atoms with van der Waals surface area (Å²) in [6, 6.07) is 12.7. The molecule has 6 rings (SSSR count). The van der Waals surface area contributed by atoms with Crippen molar-refractivity contribution >= 4 is 11.7 Å². The lowest BCUT2D eigenvalue weighted by Crippen LogP contribution is -2.63. The number of likely N-dealkylation sites (N-methyl/N-ethyl adjacent to an activating group) is 1. The van der Waals surface area contributed by atoms with Gasteiger partial charge in [0.25, 0.3) is 0 Å². The maximum Gasteiger partial charge on any atom is 0.322 e. The van der Waals surface area contributed by atoms with Gasteiger partial charge in [-0.05, 0) is 106 Å². The zero-order chi connectivity index (χ0) is 25.0. The number of nitrogens with zero attached hydrogens (tertiary/aromatic N) is 2. The molecule has 188 valence electrons. The molecule has 3 N–H and O–H groups in total. The van der Waals surface area contributed by atoms with Crippen molar-refractivity contribution < 1.29 is 19.4 Å². The quantitative estimate of drug-likeness (QED) is 0.540. The van der Waals surface area contributed by atoms with Crippen LogP contribution in [0.5, 0.6) is 0 Å². The number of amides is 2. The number of rotatable bonds is 5. The SMILES string of the molecule is CN(C(O)C(C)(C)O)C12CCC(c3ccc(NC(=O)N4Cc5ccc(F)cc5C4)cc3)(CC1)CC2. The highest BCUT2D eigenvalue weighted by Gasteiger charge is 2.53. The number of fused-ring (bicyclic) bond motifs is 4. The number of nitrogens with one attached hydrogen (secondary N) is 1. The number of aliphatic hydroxyl groups excluding tert-OH is 1. The number of benzene rings is 2. The first-order chi connectivity index (χ1) is 16.5. The minimum atomic E-state index is -1.16. The number of hydrogen-bond donors (Lipinski definition) is 3. The van der Waals surface area contributed by atoms with Gasteiger partial charge in [0, 0.05) is 24.3 Å². The van der Waals surface area contributed by atoms with Crippen LogP contribution in [0.15, 0.2) is 42.5 Å². The normalized spacial score (nSPS) is 26.7. The third-order valence-electron chi connectivity index (χ3n) is 8.88. The Morgan fingerprint density at radius 2 is 1.63 bits per heavy atom. The van der Waals surface area contributed by atoms with Crippen LogP contribution < -0.4 is 5.32 Å². The molecule has 3 fully saturated rings. The summed E-state index contributed by atoms with van der Waals surface area (Å²) in [4.78, 5) is 16.5. The molecule has 7 heteroatoms. The van der Waals surface area contributed by atoms with Crippen LogP contribution >= 0.6 is 0 Å². The first-order valence-corrected chi connectivity index (χ1v) is 12.6. The predicted molar refractivity (Wildman–Crippen MR) is 133 cm³/mol. The van der Waals surface area contributed by atoms with Gasteiger partial charge in [-0.3, -0.25) is 4.90 Å². The van der Waals surface area contributed by atoms with Crippen LogP contribution in [0.4, 0.5) is 14.9 Å². The van der Waals surface area contributed by atoms with Gasteiger partial charge in [-0.2, -0.15) is 0 Å². The topological polar surface area (TPSA) is 76.0 Å². The van der Waals surface area contributed by atoms with Crippen molar-refractivity contribution in [2.45, 2.75) is 88.2 Å². The zero-order valence-electron chi connectivity index (χ0n) is 20.9. The maximum absolute atomic E-state index is 13.5. The van der Waals surface area contributed by atoms with Crippen LogP contribution in [0.25, 0.3) is 0 Å². The van der Waals surface area contributed by atoms with Gasteiger partial charge in [0.15, 0.2) is 0 Å². The Kier molecular flexibility index (Phi) is 5.93. The lowest BCUT2D eigenvalue weighted by atomic mass is 9.54. The Bertz CT molecular complexity index is 1090. The Morgan fingerprint density at radius 1 is 1.03 bits per heavy atom. The summed E-state index contributed by atoms with van der Waals surface area (Å²) < 4.78 is 13.5. The Hall–Kier alpha value is -2.48. The molecule has 4 aliphatic rings. The van der Waals surface area contributed by atoms with Crippen molar-refractivity contribution in [1.29, 1.82) is 0 Å². The van der Waals surface area contributed by atoms with E-state index in [-0.39, 0.29) is 22.8 Å². The highest BCUT2D eigenvalue weighted by atomic mass is 19.1. The van der Waals surface area contributed by atoms with E-state index in [0.29, 0.717) is 13.1 Å². The van der Waals surface area contributed by atoms with E-state index >= 15 is 0 Å². The molecule has 2 bridgehead atoms. The van der Waals surface area contributed by atoms with Crippen molar-refractivity contribution in [3.8, 4) is 0 Å². The molecule has 2 aromatic carbocycles. The molecule has 0 aromatic heterocycles. The van der Waals surface area contributed by atoms with Crippen LogP contribution in [0.3, 0.4) is 0 Å². The third kappa shape index (κ3) is 4.34. The van der Waals surface area contributed by atoms with Crippen LogP contribution in [-0.4, -0.2) is 50.5 Å². The number of carbonyl (C=O) groups is 1. The van der Waals surface area contributed by atoms with Gasteiger partial charge in [0.05, 0.1) is 5.60 Å². The fraction of sp³-hybridized carbons (Fsp3) is 0.536. The van der Waals surface area contributed by atoms with Crippen LogP contribution in [-0.2, 0) is 18.5 Å². The number of hydrogen-bond acceptors (Lipinski definition) is 4. The average Bonchev–Trinajstić information content (AvgIpc) is 3.27. The van der Waals surface area contributed by atoms with Crippen molar-refractivity contribution in [3.63, 3.8) is 0 Å². The molecule has 1 atom stereocenters. The monoisotopic (exact) mass is 481 g/mol. The second-order valence-corrected chi connectivity index (χ2v) is 11.4.